The highest BCUT2D eigenvalue weighted by Crippen LogP contribution is 2.18. The summed E-state index contributed by atoms with van der Waals surface area (Å²) in [5.74, 6) is -0.0119. The van der Waals surface area contributed by atoms with E-state index in [1.165, 1.54) is 11.3 Å². The van der Waals surface area contributed by atoms with Crippen molar-refractivity contribution in [1.82, 2.24) is 5.32 Å². The van der Waals surface area contributed by atoms with Crippen LogP contribution in [0, 0.1) is 0 Å². The van der Waals surface area contributed by atoms with Gasteiger partial charge >= 0.3 is 0 Å². The van der Waals surface area contributed by atoms with Gasteiger partial charge in [-0.1, -0.05) is 6.92 Å². The lowest BCUT2D eigenvalue weighted by molar-refractivity contribution is 0.0915. The molecule has 0 radical (unpaired) electrons. The summed E-state index contributed by atoms with van der Waals surface area (Å²) in [4.78, 5) is 13.3. The standard InChI is InChI=1S/C10H15NOS2/c1-4-10(2,3)11-9(12)8-5-7(13)6-14-8/h5-6,13H,4H2,1-3H3,(H,11,12). The molecule has 0 aromatic carbocycles. The van der Waals surface area contributed by atoms with Crippen molar-refractivity contribution in [3.63, 3.8) is 0 Å². The number of carbonyl (C=O) groups excluding carboxylic acids is 1. The fraction of sp³-hybridized carbons (Fsp3) is 0.500. The zero-order valence-electron chi connectivity index (χ0n) is 8.63. The van der Waals surface area contributed by atoms with Gasteiger partial charge in [-0.15, -0.1) is 24.0 Å². The van der Waals surface area contributed by atoms with Gasteiger partial charge < -0.3 is 5.32 Å². The van der Waals surface area contributed by atoms with Crippen molar-refractivity contribution in [2.75, 3.05) is 0 Å². The minimum absolute atomic E-state index is 0.0119. The lowest BCUT2D eigenvalue weighted by Crippen LogP contribution is -2.42. The molecule has 4 heteroatoms. The lowest BCUT2D eigenvalue weighted by Gasteiger charge is -2.23. The summed E-state index contributed by atoms with van der Waals surface area (Å²) in [5.41, 5.74) is -0.141. The summed E-state index contributed by atoms with van der Waals surface area (Å²) in [7, 11) is 0. The number of thiol groups is 1. The molecule has 1 aromatic rings. The van der Waals surface area contributed by atoms with Gasteiger partial charge in [0.25, 0.3) is 5.91 Å². The van der Waals surface area contributed by atoms with Crippen molar-refractivity contribution in [1.29, 1.82) is 0 Å². The fourth-order valence-electron chi connectivity index (χ4n) is 0.903. The van der Waals surface area contributed by atoms with E-state index in [4.69, 9.17) is 0 Å². The molecule has 0 unspecified atom stereocenters. The van der Waals surface area contributed by atoms with Crippen LogP contribution in [0.5, 0.6) is 0 Å². The number of amides is 1. The van der Waals surface area contributed by atoms with Crippen molar-refractivity contribution in [3.05, 3.63) is 16.3 Å². The van der Waals surface area contributed by atoms with Crippen LogP contribution in [0.3, 0.4) is 0 Å². The van der Waals surface area contributed by atoms with E-state index in [1.54, 1.807) is 6.07 Å². The largest absolute Gasteiger partial charge is 0.346 e. The summed E-state index contributed by atoms with van der Waals surface area (Å²) < 4.78 is 0. The van der Waals surface area contributed by atoms with Crippen molar-refractivity contribution >= 4 is 29.9 Å². The Morgan fingerprint density at radius 2 is 2.29 bits per heavy atom. The molecular weight excluding hydrogens is 214 g/mol. The second-order valence-corrected chi connectivity index (χ2v) is 5.29. The van der Waals surface area contributed by atoms with Crippen molar-refractivity contribution in [2.24, 2.45) is 0 Å². The molecule has 0 saturated heterocycles. The second kappa shape index (κ2) is 4.36. The molecule has 0 aliphatic rings. The van der Waals surface area contributed by atoms with E-state index in [2.05, 4.69) is 24.9 Å². The third-order valence-electron chi connectivity index (χ3n) is 2.15. The summed E-state index contributed by atoms with van der Waals surface area (Å²) in [5, 5.41) is 4.83. The van der Waals surface area contributed by atoms with Crippen LogP contribution in [0.4, 0.5) is 0 Å². The van der Waals surface area contributed by atoms with E-state index in [0.717, 1.165) is 16.2 Å². The Morgan fingerprint density at radius 1 is 1.64 bits per heavy atom. The average molecular weight is 229 g/mol. The summed E-state index contributed by atoms with van der Waals surface area (Å²) in [6, 6.07) is 1.79. The normalized spacial score (nSPS) is 11.4. The van der Waals surface area contributed by atoms with Gasteiger partial charge in [-0.25, -0.2) is 0 Å². The first-order valence-electron chi connectivity index (χ1n) is 4.54. The minimum atomic E-state index is -0.141. The predicted molar refractivity (Wildman–Crippen MR) is 63.4 cm³/mol. The third kappa shape index (κ3) is 3.03. The molecular formula is C10H15NOS2. The van der Waals surface area contributed by atoms with Gasteiger partial charge in [0.2, 0.25) is 0 Å². The Kier molecular flexibility index (Phi) is 3.61. The van der Waals surface area contributed by atoms with E-state index in [1.807, 2.05) is 19.2 Å². The van der Waals surface area contributed by atoms with Gasteiger partial charge in [0.05, 0.1) is 4.88 Å². The Balaban J connectivity index is 2.68. The Bertz CT molecular complexity index is 331. The third-order valence-corrected chi connectivity index (χ3v) is 3.51. The number of hydrogen-bond acceptors (Lipinski definition) is 3. The number of thiophene rings is 1. The zero-order valence-corrected chi connectivity index (χ0v) is 10.3. The molecule has 0 atom stereocenters. The first-order valence-corrected chi connectivity index (χ1v) is 5.87. The topological polar surface area (TPSA) is 29.1 Å². The molecule has 0 saturated carbocycles. The highest BCUT2D eigenvalue weighted by Gasteiger charge is 2.19. The molecule has 2 nitrogen and oxygen atoms in total. The van der Waals surface area contributed by atoms with Crippen LogP contribution in [-0.4, -0.2) is 11.4 Å². The van der Waals surface area contributed by atoms with Gasteiger partial charge in [-0.05, 0) is 26.3 Å². The number of nitrogens with one attached hydrogen (secondary N) is 1. The predicted octanol–water partition coefficient (Wildman–Crippen LogP) is 2.96. The van der Waals surface area contributed by atoms with Crippen LogP contribution in [0.25, 0.3) is 0 Å². The maximum absolute atomic E-state index is 11.7. The van der Waals surface area contributed by atoms with Crippen molar-refractivity contribution < 1.29 is 4.79 Å². The van der Waals surface area contributed by atoms with Crippen LogP contribution >= 0.6 is 24.0 Å². The van der Waals surface area contributed by atoms with E-state index in [0.29, 0.717) is 0 Å². The molecule has 0 spiro atoms. The molecule has 0 aliphatic heterocycles. The molecule has 0 fully saturated rings. The summed E-state index contributed by atoms with van der Waals surface area (Å²) in [6.07, 6.45) is 0.915. The molecule has 1 amide bonds. The van der Waals surface area contributed by atoms with Crippen LogP contribution < -0.4 is 5.32 Å². The monoisotopic (exact) mass is 229 g/mol. The molecule has 1 heterocycles. The Hall–Kier alpha value is -0.480. The first-order chi connectivity index (χ1) is 6.44. The van der Waals surface area contributed by atoms with E-state index in [-0.39, 0.29) is 11.4 Å². The smallest absolute Gasteiger partial charge is 0.261 e. The second-order valence-electron chi connectivity index (χ2n) is 3.86. The van der Waals surface area contributed by atoms with E-state index >= 15 is 0 Å². The Morgan fingerprint density at radius 3 is 2.71 bits per heavy atom. The zero-order chi connectivity index (χ0) is 10.8. The van der Waals surface area contributed by atoms with Crippen LogP contribution in [-0.2, 0) is 0 Å². The SMILES string of the molecule is CCC(C)(C)NC(=O)c1cc(S)cs1. The lowest BCUT2D eigenvalue weighted by atomic mass is 10.0. The van der Waals surface area contributed by atoms with Crippen LogP contribution in [0.1, 0.15) is 36.9 Å². The van der Waals surface area contributed by atoms with Crippen LogP contribution in [0.2, 0.25) is 0 Å². The quantitative estimate of drug-likeness (QED) is 0.767. The number of carbonyl (C=O) groups is 1. The van der Waals surface area contributed by atoms with Gasteiger partial charge in [0.15, 0.2) is 0 Å². The van der Waals surface area contributed by atoms with E-state index < -0.39 is 0 Å². The maximum Gasteiger partial charge on any atom is 0.261 e. The molecule has 1 rings (SSSR count). The van der Waals surface area contributed by atoms with Crippen molar-refractivity contribution in [3.8, 4) is 0 Å². The van der Waals surface area contributed by atoms with E-state index in [9.17, 15) is 4.79 Å². The number of hydrogen-bond donors (Lipinski definition) is 2. The molecule has 14 heavy (non-hydrogen) atoms. The van der Waals surface area contributed by atoms with Gasteiger partial charge in [0, 0.05) is 15.8 Å². The first kappa shape index (κ1) is 11.6. The number of rotatable bonds is 3. The van der Waals surface area contributed by atoms with Gasteiger partial charge in [-0.3, -0.25) is 4.79 Å². The van der Waals surface area contributed by atoms with Gasteiger partial charge in [0.1, 0.15) is 0 Å². The Labute approximate surface area is 94.1 Å². The maximum atomic E-state index is 11.7. The highest BCUT2D eigenvalue weighted by molar-refractivity contribution is 7.80. The summed E-state index contributed by atoms with van der Waals surface area (Å²) in [6.45, 7) is 6.08. The average Bonchev–Trinajstić information content (AvgIpc) is 2.51. The van der Waals surface area contributed by atoms with Gasteiger partial charge in [-0.2, -0.15) is 0 Å². The molecule has 0 aliphatic carbocycles. The molecule has 1 aromatic heterocycles. The molecule has 1 N–H and O–H groups in total. The highest BCUT2D eigenvalue weighted by atomic mass is 32.1. The fourth-order valence-corrected chi connectivity index (χ4v) is 1.95. The summed E-state index contributed by atoms with van der Waals surface area (Å²) >= 11 is 5.58. The van der Waals surface area contributed by atoms with Crippen LogP contribution in [0.15, 0.2) is 16.3 Å². The molecule has 0 bridgehead atoms. The van der Waals surface area contributed by atoms with Crippen molar-refractivity contribution in [2.45, 2.75) is 37.6 Å². The minimum Gasteiger partial charge on any atom is -0.346 e. The molecule has 78 valence electrons.